The van der Waals surface area contributed by atoms with Crippen LogP contribution in [0.15, 0.2) is 24.9 Å². The van der Waals surface area contributed by atoms with Gasteiger partial charge < -0.3 is 14.0 Å². The normalized spacial score (nSPS) is 18.2. The molecule has 2 heterocycles. The van der Waals surface area contributed by atoms with Crippen LogP contribution in [0.5, 0.6) is 0 Å². The van der Waals surface area contributed by atoms with Gasteiger partial charge in [0.05, 0.1) is 33.0 Å². The van der Waals surface area contributed by atoms with Crippen molar-refractivity contribution in [2.45, 2.75) is 50.5 Å². The summed E-state index contributed by atoms with van der Waals surface area (Å²) in [5.74, 6) is 0. The number of hydrogen-bond acceptors (Lipinski definition) is 4. The van der Waals surface area contributed by atoms with Crippen LogP contribution in [0, 0.1) is 0 Å². The molecule has 10 heteroatoms. The second-order valence-corrected chi connectivity index (χ2v) is 17.9. The third kappa shape index (κ3) is 5.21. The summed E-state index contributed by atoms with van der Waals surface area (Å²) in [6.45, 7) is 12.1. The second-order valence-electron chi connectivity index (χ2n) is 9.36. The largest absolute Gasteiger partial charge is 0.385 e. The first-order valence-corrected chi connectivity index (χ1v) is 16.7. The lowest BCUT2D eigenvalue weighted by molar-refractivity contribution is 0.0903. The zero-order valence-corrected chi connectivity index (χ0v) is 22.5. The van der Waals surface area contributed by atoms with Crippen LogP contribution in [0.1, 0.15) is 12.0 Å². The maximum Gasteiger partial charge on any atom is 0.238 e. The van der Waals surface area contributed by atoms with E-state index < -0.39 is 23.3 Å². The first kappa shape index (κ1) is 25.6. The van der Waals surface area contributed by atoms with Gasteiger partial charge in [-0.2, -0.15) is 0 Å². The lowest BCUT2D eigenvalue weighted by atomic mass is 10.0. The maximum absolute atomic E-state index is 13.5. The molecule has 0 saturated carbocycles. The van der Waals surface area contributed by atoms with Gasteiger partial charge in [-0.25, -0.2) is 8.42 Å². The minimum absolute atomic E-state index is 0.162. The van der Waals surface area contributed by atoms with Crippen molar-refractivity contribution >= 4 is 57.9 Å². The Morgan fingerprint density at radius 2 is 1.97 bits per heavy atom. The van der Waals surface area contributed by atoms with Crippen LogP contribution in [-0.4, -0.2) is 53.2 Å². The van der Waals surface area contributed by atoms with Crippen LogP contribution in [0.25, 0.3) is 10.9 Å². The van der Waals surface area contributed by atoms with Crippen molar-refractivity contribution in [1.29, 1.82) is 0 Å². The van der Waals surface area contributed by atoms with E-state index in [0.717, 1.165) is 11.6 Å². The Labute approximate surface area is 202 Å². The van der Waals surface area contributed by atoms with E-state index in [2.05, 4.69) is 26.2 Å². The lowest BCUT2D eigenvalue weighted by Gasteiger charge is -2.36. The number of aromatic nitrogens is 1. The molecule has 0 aliphatic carbocycles. The van der Waals surface area contributed by atoms with Crippen molar-refractivity contribution in [2.75, 3.05) is 31.2 Å². The first-order valence-electron chi connectivity index (χ1n) is 10.7. The van der Waals surface area contributed by atoms with Crippen molar-refractivity contribution in [3.63, 3.8) is 0 Å². The highest BCUT2D eigenvalue weighted by Gasteiger charge is 2.40. The summed E-state index contributed by atoms with van der Waals surface area (Å²) in [5.41, 5.74) is 2.16. The Balaban J connectivity index is 2.11. The quantitative estimate of drug-likeness (QED) is 0.235. The number of halogens is 2. The average Bonchev–Trinajstić information content (AvgIpc) is 3.02. The number of methoxy groups -OCH3 is 1. The molecular formula is C22H32Cl2N2O4SSi. The van der Waals surface area contributed by atoms with E-state index in [1.54, 1.807) is 19.4 Å². The SMILES string of the molecule is C=CCN1c2c(cc(Cl)c3c(Cl)cn(COCC[Si](C)(C)C)c23)CC(CCOC)S1(=O)=O. The smallest absolute Gasteiger partial charge is 0.238 e. The summed E-state index contributed by atoms with van der Waals surface area (Å²) in [7, 11) is -3.28. The van der Waals surface area contributed by atoms with Gasteiger partial charge in [0.1, 0.15) is 6.73 Å². The van der Waals surface area contributed by atoms with Crippen molar-refractivity contribution in [3.8, 4) is 0 Å². The van der Waals surface area contributed by atoms with Gasteiger partial charge in [-0.05, 0) is 30.5 Å². The topological polar surface area (TPSA) is 60.8 Å². The van der Waals surface area contributed by atoms with E-state index in [9.17, 15) is 8.42 Å². The first-order chi connectivity index (χ1) is 15.0. The van der Waals surface area contributed by atoms with Crippen molar-refractivity contribution in [1.82, 2.24) is 4.57 Å². The van der Waals surface area contributed by atoms with Crippen molar-refractivity contribution in [2.24, 2.45) is 0 Å². The number of anilines is 1. The minimum Gasteiger partial charge on any atom is -0.385 e. The summed E-state index contributed by atoms with van der Waals surface area (Å²) in [6, 6.07) is 2.88. The molecule has 1 unspecified atom stereocenters. The number of sulfonamides is 1. The third-order valence-corrected chi connectivity index (χ3v) is 10.2. The predicted octanol–water partition coefficient (Wildman–Crippen LogP) is 5.54. The molecule has 1 atom stereocenters. The lowest BCUT2D eigenvalue weighted by Crippen LogP contribution is -2.45. The molecule has 0 spiro atoms. The second kappa shape index (κ2) is 10.1. The Bertz CT molecular complexity index is 1100. The molecule has 178 valence electrons. The molecule has 1 aliphatic rings. The van der Waals surface area contributed by atoms with Crippen LogP contribution in [0.2, 0.25) is 35.7 Å². The Kier molecular flexibility index (Phi) is 8.05. The molecule has 0 bridgehead atoms. The van der Waals surface area contributed by atoms with Gasteiger partial charge in [-0.1, -0.05) is 48.9 Å². The molecule has 0 fully saturated rings. The number of fused-ring (bicyclic) bond motifs is 3. The van der Waals surface area contributed by atoms with E-state index in [1.807, 2.05) is 10.6 Å². The van der Waals surface area contributed by atoms with E-state index >= 15 is 0 Å². The van der Waals surface area contributed by atoms with Crippen molar-refractivity contribution in [3.05, 3.63) is 40.5 Å². The molecule has 1 aromatic carbocycles. The monoisotopic (exact) mass is 518 g/mol. The van der Waals surface area contributed by atoms with Gasteiger partial charge in [-0.3, -0.25) is 4.31 Å². The Morgan fingerprint density at radius 1 is 1.25 bits per heavy atom. The third-order valence-electron chi connectivity index (χ3n) is 5.69. The summed E-state index contributed by atoms with van der Waals surface area (Å²) in [6.07, 6.45) is 4.13. The molecule has 0 N–H and O–H groups in total. The zero-order chi connectivity index (χ0) is 23.7. The van der Waals surface area contributed by atoms with E-state index in [4.69, 9.17) is 32.7 Å². The van der Waals surface area contributed by atoms with Crippen LogP contribution < -0.4 is 4.31 Å². The minimum atomic E-state index is -3.62. The number of nitrogens with zero attached hydrogens (tertiary/aromatic N) is 2. The molecule has 32 heavy (non-hydrogen) atoms. The number of benzene rings is 1. The molecule has 0 saturated heterocycles. The van der Waals surface area contributed by atoms with Gasteiger partial charge in [0.25, 0.3) is 0 Å². The Morgan fingerprint density at radius 3 is 2.59 bits per heavy atom. The van der Waals surface area contributed by atoms with E-state index in [-0.39, 0.29) is 13.3 Å². The van der Waals surface area contributed by atoms with Crippen molar-refractivity contribution < 1.29 is 17.9 Å². The average molecular weight is 520 g/mol. The molecule has 2 aromatic rings. The highest BCUT2D eigenvalue weighted by atomic mass is 35.5. The van der Waals surface area contributed by atoms with Crippen LogP contribution in [0.4, 0.5) is 5.69 Å². The molecule has 1 aliphatic heterocycles. The molecule has 0 amide bonds. The summed E-state index contributed by atoms with van der Waals surface area (Å²) < 4.78 is 41.4. The molecule has 6 nitrogen and oxygen atoms in total. The fourth-order valence-corrected chi connectivity index (χ4v) is 7.35. The fourth-order valence-electron chi connectivity index (χ4n) is 4.00. The Hall–Kier alpha value is -1.03. The van der Waals surface area contributed by atoms with Gasteiger partial charge >= 0.3 is 0 Å². The van der Waals surface area contributed by atoms with Gasteiger partial charge in [0, 0.05) is 40.0 Å². The highest BCUT2D eigenvalue weighted by molar-refractivity contribution is 7.93. The van der Waals surface area contributed by atoms with Crippen LogP contribution in [-0.2, 0) is 32.6 Å². The summed E-state index contributed by atoms with van der Waals surface area (Å²) >= 11 is 13.2. The highest BCUT2D eigenvalue weighted by Crippen LogP contribution is 2.45. The zero-order valence-electron chi connectivity index (χ0n) is 19.2. The predicted molar refractivity (Wildman–Crippen MR) is 137 cm³/mol. The number of rotatable bonds is 10. The number of ether oxygens (including phenoxy) is 2. The summed E-state index contributed by atoms with van der Waals surface area (Å²) in [5, 5.41) is 1.03. The molecule has 0 radical (unpaired) electrons. The molecule has 1 aromatic heterocycles. The van der Waals surface area contributed by atoms with Crippen LogP contribution in [0.3, 0.4) is 0 Å². The van der Waals surface area contributed by atoms with Gasteiger partial charge in [0.15, 0.2) is 0 Å². The van der Waals surface area contributed by atoms with Gasteiger partial charge in [-0.15, -0.1) is 6.58 Å². The maximum atomic E-state index is 13.5. The summed E-state index contributed by atoms with van der Waals surface area (Å²) in [4.78, 5) is 0. The molecule has 3 rings (SSSR count). The van der Waals surface area contributed by atoms with Crippen LogP contribution >= 0.6 is 23.2 Å². The van der Waals surface area contributed by atoms with E-state index in [1.165, 1.54) is 4.31 Å². The molecular weight excluding hydrogens is 487 g/mol. The van der Waals surface area contributed by atoms with E-state index in [0.29, 0.717) is 52.7 Å². The fraction of sp³-hybridized carbons (Fsp3) is 0.545. The number of hydrogen-bond donors (Lipinski definition) is 0. The standard InChI is InChI=1S/C22H32Cl2N2O4SSi/c1-6-8-26-21-16(12-17(7-9-29-2)31(26,27)28)13-18(23)20-19(24)14-25(22(20)21)15-30-10-11-32(3,4)5/h6,13-14,17H,1,7-12,15H2,2-5H3. The van der Waals surface area contributed by atoms with Gasteiger partial charge in [0.2, 0.25) is 10.0 Å².